The molecule has 192 valence electrons. The number of aromatic nitrogens is 2. The van der Waals surface area contributed by atoms with Crippen LogP contribution in [0.15, 0.2) is 53.1 Å². The van der Waals surface area contributed by atoms with Crippen LogP contribution in [0.1, 0.15) is 62.5 Å². The summed E-state index contributed by atoms with van der Waals surface area (Å²) in [5.74, 6) is 1.65. The molecule has 9 nitrogen and oxygen atoms in total. The smallest absolute Gasteiger partial charge is 0.306 e. The van der Waals surface area contributed by atoms with Gasteiger partial charge >= 0.3 is 5.97 Å². The van der Waals surface area contributed by atoms with E-state index in [0.717, 1.165) is 11.1 Å². The summed E-state index contributed by atoms with van der Waals surface area (Å²) in [5.41, 5.74) is 1.51. The molecule has 0 aliphatic rings. The number of carbonyl (C=O) groups excluding carboxylic acids is 2. The minimum atomic E-state index is -0.467. The average molecular weight is 496 g/mol. The highest BCUT2D eigenvalue weighted by Gasteiger charge is 2.21. The second kappa shape index (κ2) is 12.2. The van der Waals surface area contributed by atoms with Crippen LogP contribution in [0, 0.1) is 0 Å². The van der Waals surface area contributed by atoms with Gasteiger partial charge in [0, 0.05) is 18.3 Å². The Hall–Kier alpha value is -3.88. The number of methoxy groups -OCH3 is 2. The summed E-state index contributed by atoms with van der Waals surface area (Å²) < 4.78 is 20.9. The largest absolute Gasteiger partial charge is 0.497 e. The number of hydrogen-bond donors (Lipinski definition) is 1. The number of rotatable bonds is 11. The molecule has 0 atom stereocenters. The number of aryl methyl sites for hydroxylation is 1. The molecule has 2 aromatic carbocycles. The quantitative estimate of drug-likeness (QED) is 0.395. The minimum Gasteiger partial charge on any atom is -0.497 e. The summed E-state index contributed by atoms with van der Waals surface area (Å²) >= 11 is 0. The molecule has 1 amide bonds. The van der Waals surface area contributed by atoms with Gasteiger partial charge in [0.2, 0.25) is 5.89 Å². The Balaban J connectivity index is 1.54. The molecule has 1 N–H and O–H groups in total. The van der Waals surface area contributed by atoms with Crippen LogP contribution in [-0.2, 0) is 26.2 Å². The Bertz CT molecular complexity index is 1090. The monoisotopic (exact) mass is 495 g/mol. The van der Waals surface area contributed by atoms with Crippen molar-refractivity contribution in [2.75, 3.05) is 20.8 Å². The van der Waals surface area contributed by atoms with Crippen LogP contribution in [0.4, 0.5) is 0 Å². The highest BCUT2D eigenvalue weighted by atomic mass is 16.5. The average Bonchev–Trinajstić information content (AvgIpc) is 3.36. The molecular weight excluding hydrogens is 462 g/mol. The van der Waals surface area contributed by atoms with Gasteiger partial charge in [-0.15, -0.1) is 0 Å². The van der Waals surface area contributed by atoms with Crippen LogP contribution in [-0.4, -0.2) is 42.8 Å². The van der Waals surface area contributed by atoms with E-state index in [1.807, 2.05) is 69.3 Å². The van der Waals surface area contributed by atoms with Gasteiger partial charge in [0.1, 0.15) is 11.5 Å². The fourth-order valence-corrected chi connectivity index (χ4v) is 3.42. The van der Waals surface area contributed by atoms with Crippen molar-refractivity contribution < 1.29 is 28.3 Å². The second-order valence-corrected chi connectivity index (χ2v) is 9.32. The third kappa shape index (κ3) is 7.56. The van der Waals surface area contributed by atoms with Crippen molar-refractivity contribution in [3.63, 3.8) is 0 Å². The van der Waals surface area contributed by atoms with Crippen molar-refractivity contribution in [1.29, 1.82) is 0 Å². The van der Waals surface area contributed by atoms with Crippen molar-refractivity contribution in [2.45, 2.75) is 51.5 Å². The normalized spacial score (nSPS) is 11.3. The molecule has 9 heteroatoms. The summed E-state index contributed by atoms with van der Waals surface area (Å²) in [6.45, 7) is 5.62. The van der Waals surface area contributed by atoms with Gasteiger partial charge in [-0.05, 0) is 41.8 Å². The van der Waals surface area contributed by atoms with Crippen LogP contribution >= 0.6 is 0 Å². The van der Waals surface area contributed by atoms with Crippen LogP contribution < -0.4 is 14.8 Å². The fourth-order valence-electron chi connectivity index (χ4n) is 3.42. The van der Waals surface area contributed by atoms with Gasteiger partial charge in [0.25, 0.3) is 5.91 Å². The first-order valence-corrected chi connectivity index (χ1v) is 11.8. The predicted molar refractivity (Wildman–Crippen MR) is 133 cm³/mol. The third-order valence-corrected chi connectivity index (χ3v) is 5.48. The van der Waals surface area contributed by atoms with E-state index >= 15 is 0 Å². The van der Waals surface area contributed by atoms with Crippen LogP contribution in [0.3, 0.4) is 0 Å². The van der Waals surface area contributed by atoms with E-state index in [-0.39, 0.29) is 18.4 Å². The molecule has 1 heterocycles. The highest BCUT2D eigenvalue weighted by Crippen LogP contribution is 2.26. The molecule has 1 aromatic heterocycles. The van der Waals surface area contributed by atoms with Gasteiger partial charge in [0.05, 0.1) is 20.3 Å². The van der Waals surface area contributed by atoms with E-state index < -0.39 is 17.9 Å². The second-order valence-electron chi connectivity index (χ2n) is 9.32. The van der Waals surface area contributed by atoms with E-state index in [1.165, 1.54) is 0 Å². The van der Waals surface area contributed by atoms with E-state index in [9.17, 15) is 9.59 Å². The first-order chi connectivity index (χ1) is 17.2. The van der Waals surface area contributed by atoms with E-state index in [0.29, 0.717) is 36.1 Å². The number of nitrogens with one attached hydrogen (secondary N) is 1. The van der Waals surface area contributed by atoms with Gasteiger partial charge < -0.3 is 24.1 Å². The molecular formula is C27H33N3O6. The van der Waals surface area contributed by atoms with Crippen molar-refractivity contribution in [1.82, 2.24) is 15.5 Å². The Morgan fingerprint density at radius 3 is 1.97 bits per heavy atom. The standard InChI is InChI=1S/C27H33N3O6/c1-27(2,3)26-29-23(36-30-26)7-6-8-24(32)35-17-22(31)28-25(18-9-13-20(33-4)14-10-18)19-11-15-21(34-5)16-12-19/h9-16,25H,6-8,17H2,1-5H3,(H,28,31). The molecule has 0 spiro atoms. The van der Waals surface area contributed by atoms with Crippen molar-refractivity contribution in [3.05, 3.63) is 71.4 Å². The number of carbonyl (C=O) groups is 2. The van der Waals surface area contributed by atoms with Gasteiger partial charge in [-0.2, -0.15) is 4.98 Å². The molecule has 0 bridgehead atoms. The molecule has 36 heavy (non-hydrogen) atoms. The molecule has 3 rings (SSSR count). The minimum absolute atomic E-state index is 0.140. The number of amides is 1. The first kappa shape index (κ1) is 26.7. The zero-order valence-corrected chi connectivity index (χ0v) is 21.4. The Labute approximate surface area is 211 Å². The van der Waals surface area contributed by atoms with Gasteiger partial charge in [-0.3, -0.25) is 9.59 Å². The van der Waals surface area contributed by atoms with Gasteiger partial charge in [-0.1, -0.05) is 50.2 Å². The zero-order valence-electron chi connectivity index (χ0n) is 21.4. The first-order valence-electron chi connectivity index (χ1n) is 11.8. The lowest BCUT2D eigenvalue weighted by Gasteiger charge is -2.20. The molecule has 0 saturated heterocycles. The van der Waals surface area contributed by atoms with Gasteiger partial charge in [0.15, 0.2) is 12.4 Å². The molecule has 0 fully saturated rings. The van der Waals surface area contributed by atoms with Crippen LogP contribution in [0.5, 0.6) is 11.5 Å². The highest BCUT2D eigenvalue weighted by molar-refractivity contribution is 5.81. The van der Waals surface area contributed by atoms with Crippen LogP contribution in [0.25, 0.3) is 0 Å². The molecule has 0 radical (unpaired) electrons. The summed E-state index contributed by atoms with van der Waals surface area (Å²) in [5, 5.41) is 6.92. The molecule has 0 aliphatic carbocycles. The van der Waals surface area contributed by atoms with Crippen LogP contribution in [0.2, 0.25) is 0 Å². The maximum absolute atomic E-state index is 12.7. The lowest BCUT2D eigenvalue weighted by molar-refractivity contribution is -0.148. The van der Waals surface area contributed by atoms with Crippen molar-refractivity contribution in [3.8, 4) is 11.5 Å². The lowest BCUT2D eigenvalue weighted by Crippen LogP contribution is -2.33. The number of ether oxygens (including phenoxy) is 3. The number of hydrogen-bond acceptors (Lipinski definition) is 8. The van der Waals surface area contributed by atoms with E-state index in [4.69, 9.17) is 18.7 Å². The van der Waals surface area contributed by atoms with E-state index in [1.54, 1.807) is 14.2 Å². The van der Waals surface area contributed by atoms with Crippen molar-refractivity contribution in [2.24, 2.45) is 0 Å². The molecule has 0 saturated carbocycles. The molecule has 3 aromatic rings. The number of benzene rings is 2. The predicted octanol–water partition coefficient (Wildman–Crippen LogP) is 4.16. The summed E-state index contributed by atoms with van der Waals surface area (Å²) in [7, 11) is 3.19. The third-order valence-electron chi connectivity index (χ3n) is 5.48. The fraction of sp³-hybridized carbons (Fsp3) is 0.407. The topological polar surface area (TPSA) is 113 Å². The number of esters is 1. The molecule has 0 unspecified atom stereocenters. The van der Waals surface area contributed by atoms with Crippen molar-refractivity contribution >= 4 is 11.9 Å². The number of nitrogens with zero attached hydrogens (tertiary/aromatic N) is 2. The summed E-state index contributed by atoms with van der Waals surface area (Å²) in [4.78, 5) is 29.2. The Morgan fingerprint density at radius 2 is 1.50 bits per heavy atom. The lowest BCUT2D eigenvalue weighted by atomic mass is 9.96. The SMILES string of the molecule is COc1ccc(C(NC(=O)COC(=O)CCCc2nc(C(C)(C)C)no2)c2ccc(OC)cc2)cc1. The van der Waals surface area contributed by atoms with Gasteiger partial charge in [-0.25, -0.2) is 0 Å². The Kier molecular flexibility index (Phi) is 9.05. The maximum atomic E-state index is 12.7. The Morgan fingerprint density at radius 1 is 0.944 bits per heavy atom. The summed E-state index contributed by atoms with van der Waals surface area (Å²) in [6, 6.07) is 14.4. The maximum Gasteiger partial charge on any atom is 0.306 e. The summed E-state index contributed by atoms with van der Waals surface area (Å²) in [6.07, 6.45) is 1.08. The van der Waals surface area contributed by atoms with E-state index in [2.05, 4.69) is 15.5 Å². The molecule has 0 aliphatic heterocycles. The zero-order chi connectivity index (χ0) is 26.1.